The van der Waals surface area contributed by atoms with Crippen LogP contribution < -0.4 is 15.0 Å². The first kappa shape index (κ1) is 29.4. The van der Waals surface area contributed by atoms with Crippen LogP contribution in [-0.2, 0) is 19.4 Å². The Labute approximate surface area is 238 Å². The van der Waals surface area contributed by atoms with Gasteiger partial charge in [-0.2, -0.15) is 0 Å². The van der Waals surface area contributed by atoms with E-state index in [9.17, 15) is 14.7 Å². The standard InChI is InChI=1S/C32H44N4O4/c1-7-35(23-15-17-24(18-16-23)36(31(38)39)32(3,4)5)28-14-10-13-26-25(28)12-9-8-11-22-19-21(2)34-30(40-6)27(22)20-33-29(26)37/h8-10,13-14,19,23-24H,7,11-12,15-18,20H2,1-6H3,(H,33,37)(H,38,39)/b9-8-/t23-,24-. The van der Waals surface area contributed by atoms with Gasteiger partial charge in [-0.05, 0) is 102 Å². The maximum atomic E-state index is 13.6. The van der Waals surface area contributed by atoms with Gasteiger partial charge in [-0.15, -0.1) is 0 Å². The Morgan fingerprint density at radius 1 is 1.10 bits per heavy atom. The lowest BCUT2D eigenvalue weighted by atomic mass is 9.86. The van der Waals surface area contributed by atoms with Gasteiger partial charge in [0.2, 0.25) is 5.88 Å². The summed E-state index contributed by atoms with van der Waals surface area (Å²) < 4.78 is 5.56. The second-order valence-electron chi connectivity index (χ2n) is 11.8. The molecule has 0 spiro atoms. The van der Waals surface area contributed by atoms with Crippen LogP contribution >= 0.6 is 0 Å². The zero-order valence-corrected chi connectivity index (χ0v) is 24.8. The van der Waals surface area contributed by atoms with Crippen molar-refractivity contribution in [2.75, 3.05) is 18.6 Å². The highest BCUT2D eigenvalue weighted by molar-refractivity contribution is 5.97. The SMILES string of the molecule is CCN(c1cccc2c1C/C=C\Cc1cc(C)nc(OC)c1CNC2=O)[C@H]1CC[C@H](N(C(=O)O)C(C)(C)C)CC1. The molecule has 8 nitrogen and oxygen atoms in total. The van der Waals surface area contributed by atoms with Crippen LogP contribution in [0.25, 0.3) is 0 Å². The van der Waals surface area contributed by atoms with Gasteiger partial charge in [0.25, 0.3) is 5.91 Å². The second-order valence-corrected chi connectivity index (χ2v) is 11.8. The Morgan fingerprint density at radius 2 is 1.77 bits per heavy atom. The third kappa shape index (κ3) is 6.26. The molecule has 2 amide bonds. The number of nitrogens with one attached hydrogen (secondary N) is 1. The Balaban J connectivity index is 1.61. The van der Waals surface area contributed by atoms with Gasteiger partial charge in [0.05, 0.1) is 7.11 Å². The van der Waals surface area contributed by atoms with E-state index < -0.39 is 11.6 Å². The maximum absolute atomic E-state index is 13.6. The lowest BCUT2D eigenvalue weighted by Crippen LogP contribution is -2.53. The third-order valence-corrected chi connectivity index (χ3v) is 8.20. The molecule has 1 aliphatic carbocycles. The van der Waals surface area contributed by atoms with Crippen molar-refractivity contribution in [2.45, 2.75) is 97.3 Å². The van der Waals surface area contributed by atoms with Crippen molar-refractivity contribution >= 4 is 17.7 Å². The topological polar surface area (TPSA) is 95.0 Å². The molecule has 0 saturated heterocycles. The predicted octanol–water partition coefficient (Wildman–Crippen LogP) is 5.90. The number of ether oxygens (including phenoxy) is 1. The summed E-state index contributed by atoms with van der Waals surface area (Å²) in [6.07, 6.45) is 8.34. The number of pyridine rings is 1. The molecule has 0 radical (unpaired) electrons. The molecule has 2 heterocycles. The number of hydrogen-bond donors (Lipinski definition) is 2. The van der Waals surface area contributed by atoms with Gasteiger partial charge < -0.3 is 25.0 Å². The van der Waals surface area contributed by atoms with Gasteiger partial charge in [0.15, 0.2) is 0 Å². The van der Waals surface area contributed by atoms with E-state index in [1.807, 2.05) is 39.8 Å². The highest BCUT2D eigenvalue weighted by Gasteiger charge is 2.37. The fourth-order valence-corrected chi connectivity index (χ4v) is 6.47. The minimum absolute atomic E-state index is 0.0188. The molecule has 2 N–H and O–H groups in total. The van der Waals surface area contributed by atoms with Gasteiger partial charge in [0.1, 0.15) is 0 Å². The Hall–Kier alpha value is -3.55. The molecule has 1 saturated carbocycles. The molecule has 216 valence electrons. The van der Waals surface area contributed by atoms with Crippen LogP contribution in [-0.4, -0.2) is 58.3 Å². The van der Waals surface area contributed by atoms with E-state index in [0.717, 1.165) is 66.7 Å². The molecule has 2 aliphatic rings. The number of hydrogen-bond acceptors (Lipinski definition) is 5. The number of nitrogens with zero attached hydrogens (tertiary/aromatic N) is 3. The van der Waals surface area contributed by atoms with Crippen molar-refractivity contribution in [1.82, 2.24) is 15.2 Å². The number of rotatable bonds is 5. The van der Waals surface area contributed by atoms with E-state index in [2.05, 4.69) is 46.4 Å². The van der Waals surface area contributed by atoms with E-state index in [0.29, 0.717) is 24.4 Å². The summed E-state index contributed by atoms with van der Waals surface area (Å²) in [7, 11) is 1.61. The summed E-state index contributed by atoms with van der Waals surface area (Å²) in [6.45, 7) is 11.2. The number of allylic oxidation sites excluding steroid dienone is 2. The number of anilines is 1. The fraction of sp³-hybridized carbons (Fsp3) is 0.531. The first-order chi connectivity index (χ1) is 19.0. The Morgan fingerprint density at radius 3 is 2.40 bits per heavy atom. The van der Waals surface area contributed by atoms with Crippen LogP contribution in [0.4, 0.5) is 10.5 Å². The number of aryl methyl sites for hydroxylation is 1. The maximum Gasteiger partial charge on any atom is 0.407 e. The molecular formula is C32H44N4O4. The van der Waals surface area contributed by atoms with Crippen molar-refractivity contribution in [3.05, 3.63) is 64.4 Å². The molecule has 40 heavy (non-hydrogen) atoms. The van der Waals surface area contributed by atoms with E-state index in [-0.39, 0.29) is 18.0 Å². The lowest BCUT2D eigenvalue weighted by molar-refractivity contribution is 0.0545. The average Bonchev–Trinajstić information content (AvgIpc) is 2.93. The summed E-state index contributed by atoms with van der Waals surface area (Å²) in [5.74, 6) is 0.445. The summed E-state index contributed by atoms with van der Waals surface area (Å²) in [5, 5.41) is 13.0. The zero-order valence-electron chi connectivity index (χ0n) is 24.8. The molecule has 1 fully saturated rings. The first-order valence-electron chi connectivity index (χ1n) is 14.4. The number of carbonyl (C=O) groups excluding carboxylic acids is 1. The van der Waals surface area contributed by atoms with Crippen molar-refractivity contribution < 1.29 is 19.4 Å². The molecule has 1 aliphatic heterocycles. The molecule has 2 aromatic rings. The van der Waals surface area contributed by atoms with Crippen molar-refractivity contribution in [1.29, 1.82) is 0 Å². The quantitative estimate of drug-likeness (QED) is 0.452. The van der Waals surface area contributed by atoms with Crippen molar-refractivity contribution in [3.63, 3.8) is 0 Å². The molecular weight excluding hydrogens is 504 g/mol. The molecule has 0 unspecified atom stereocenters. The number of carboxylic acid groups (broad SMARTS) is 1. The molecule has 0 atom stereocenters. The number of carbonyl (C=O) groups is 2. The Bertz CT molecular complexity index is 1260. The molecule has 4 rings (SSSR count). The van der Waals surface area contributed by atoms with Crippen LogP contribution in [0.1, 0.15) is 86.1 Å². The smallest absolute Gasteiger partial charge is 0.407 e. The van der Waals surface area contributed by atoms with Crippen LogP contribution in [0.3, 0.4) is 0 Å². The van der Waals surface area contributed by atoms with Crippen LogP contribution in [0.5, 0.6) is 5.88 Å². The molecule has 1 aromatic carbocycles. The van der Waals surface area contributed by atoms with Crippen LogP contribution in [0.2, 0.25) is 0 Å². The predicted molar refractivity (Wildman–Crippen MR) is 158 cm³/mol. The molecule has 0 bridgehead atoms. The number of benzene rings is 1. The number of aromatic nitrogens is 1. The highest BCUT2D eigenvalue weighted by atomic mass is 16.5. The zero-order chi connectivity index (χ0) is 29.0. The van der Waals surface area contributed by atoms with E-state index >= 15 is 0 Å². The van der Waals surface area contributed by atoms with E-state index in [1.54, 1.807) is 12.0 Å². The highest BCUT2D eigenvalue weighted by Crippen LogP contribution is 2.35. The Kier molecular flexibility index (Phi) is 9.06. The van der Waals surface area contributed by atoms with Crippen LogP contribution in [0, 0.1) is 6.92 Å². The summed E-state index contributed by atoms with van der Waals surface area (Å²) in [6, 6.07) is 8.37. The summed E-state index contributed by atoms with van der Waals surface area (Å²) in [4.78, 5) is 34.2. The van der Waals surface area contributed by atoms with Crippen molar-refractivity contribution in [3.8, 4) is 5.88 Å². The normalized spacial score (nSPS) is 20.3. The van der Waals surface area contributed by atoms with Gasteiger partial charge in [-0.1, -0.05) is 18.2 Å². The molecule has 8 heteroatoms. The van der Waals surface area contributed by atoms with Crippen LogP contribution in [0.15, 0.2) is 36.4 Å². The second kappa shape index (κ2) is 12.3. The van der Waals surface area contributed by atoms with Gasteiger partial charge in [0, 0.05) is 53.2 Å². The number of amides is 2. The number of fused-ring (bicyclic) bond motifs is 2. The fourth-order valence-electron chi connectivity index (χ4n) is 6.47. The number of methoxy groups -OCH3 is 1. The third-order valence-electron chi connectivity index (χ3n) is 8.20. The largest absolute Gasteiger partial charge is 0.481 e. The van der Waals surface area contributed by atoms with E-state index in [1.165, 1.54) is 0 Å². The van der Waals surface area contributed by atoms with E-state index in [4.69, 9.17) is 4.74 Å². The van der Waals surface area contributed by atoms with Crippen molar-refractivity contribution in [2.24, 2.45) is 0 Å². The van der Waals surface area contributed by atoms with Gasteiger partial charge in [-0.25, -0.2) is 9.78 Å². The van der Waals surface area contributed by atoms with Gasteiger partial charge >= 0.3 is 6.09 Å². The summed E-state index contributed by atoms with van der Waals surface area (Å²) >= 11 is 0. The monoisotopic (exact) mass is 548 g/mol. The summed E-state index contributed by atoms with van der Waals surface area (Å²) in [5.41, 5.74) is 5.25. The minimum atomic E-state index is -0.848. The lowest BCUT2D eigenvalue weighted by Gasteiger charge is -2.45. The first-order valence-corrected chi connectivity index (χ1v) is 14.4. The minimum Gasteiger partial charge on any atom is -0.481 e. The average molecular weight is 549 g/mol. The molecule has 1 aromatic heterocycles. The van der Waals surface area contributed by atoms with Gasteiger partial charge in [-0.3, -0.25) is 4.79 Å².